The van der Waals surface area contributed by atoms with Gasteiger partial charge in [0.25, 0.3) is 0 Å². The van der Waals surface area contributed by atoms with E-state index in [-0.39, 0.29) is 11.6 Å². The van der Waals surface area contributed by atoms with Crippen LogP contribution in [-0.2, 0) is 10.3 Å². The fraction of sp³-hybridized carbons (Fsp3) is 0.533. The first kappa shape index (κ1) is 13.9. The van der Waals surface area contributed by atoms with Crippen LogP contribution >= 0.6 is 0 Å². The van der Waals surface area contributed by atoms with E-state index < -0.39 is 5.60 Å². The molecule has 1 aliphatic heterocycles. The minimum Gasteiger partial charge on any atom is -0.444 e. The molecule has 1 fully saturated rings. The monoisotopic (exact) mass is 262 g/mol. The number of hydrogen-bond donors (Lipinski definition) is 2. The molecule has 4 nitrogen and oxygen atoms in total. The highest BCUT2D eigenvalue weighted by molar-refractivity contribution is 5.69. The molecule has 2 rings (SSSR count). The predicted molar refractivity (Wildman–Crippen MR) is 75.0 cm³/mol. The summed E-state index contributed by atoms with van der Waals surface area (Å²) < 4.78 is 5.37. The molecule has 0 bridgehead atoms. The standard InChI is InChI=1S/C15H22N2O2/c1-14(2,3)19-13(18)17-15(9-10-16-11-15)12-7-5-4-6-8-12/h4-8,16H,9-11H2,1-3H3,(H,17,18)/t15-/m1/s1. The van der Waals surface area contributed by atoms with Crippen LogP contribution in [0.15, 0.2) is 30.3 Å². The molecule has 0 aromatic heterocycles. The minimum atomic E-state index is -0.478. The number of rotatable bonds is 2. The lowest BCUT2D eigenvalue weighted by molar-refractivity contribution is 0.0461. The fourth-order valence-corrected chi connectivity index (χ4v) is 2.37. The Bertz CT molecular complexity index is 431. The Morgan fingerprint density at radius 3 is 2.53 bits per heavy atom. The summed E-state index contributed by atoms with van der Waals surface area (Å²) in [7, 11) is 0. The van der Waals surface area contributed by atoms with E-state index in [0.29, 0.717) is 0 Å². The van der Waals surface area contributed by atoms with E-state index in [4.69, 9.17) is 4.74 Å². The number of nitrogens with one attached hydrogen (secondary N) is 2. The summed E-state index contributed by atoms with van der Waals surface area (Å²) in [5.41, 5.74) is 0.281. The first-order valence-electron chi connectivity index (χ1n) is 6.69. The maximum absolute atomic E-state index is 12.0. The van der Waals surface area contributed by atoms with Crippen LogP contribution in [0.3, 0.4) is 0 Å². The van der Waals surface area contributed by atoms with Gasteiger partial charge in [0, 0.05) is 6.54 Å². The Hall–Kier alpha value is -1.55. The van der Waals surface area contributed by atoms with Gasteiger partial charge < -0.3 is 15.4 Å². The van der Waals surface area contributed by atoms with Crippen molar-refractivity contribution in [2.24, 2.45) is 0 Å². The molecule has 1 amide bonds. The molecule has 2 N–H and O–H groups in total. The number of amides is 1. The zero-order chi connectivity index (χ0) is 13.9. The van der Waals surface area contributed by atoms with Gasteiger partial charge in [0.1, 0.15) is 5.60 Å². The van der Waals surface area contributed by atoms with Crippen molar-refractivity contribution in [1.29, 1.82) is 0 Å². The fourth-order valence-electron chi connectivity index (χ4n) is 2.37. The Morgan fingerprint density at radius 2 is 2.00 bits per heavy atom. The molecule has 0 aliphatic carbocycles. The molecule has 0 unspecified atom stereocenters. The molecule has 19 heavy (non-hydrogen) atoms. The molecule has 1 saturated heterocycles. The highest BCUT2D eigenvalue weighted by Crippen LogP contribution is 2.28. The molecule has 1 aliphatic rings. The molecule has 1 aromatic rings. The van der Waals surface area contributed by atoms with Gasteiger partial charge in [0.05, 0.1) is 5.54 Å². The molecule has 1 heterocycles. The third-order valence-corrected chi connectivity index (χ3v) is 3.22. The summed E-state index contributed by atoms with van der Waals surface area (Å²) in [5.74, 6) is 0. The zero-order valence-corrected chi connectivity index (χ0v) is 11.8. The Kier molecular flexibility index (Phi) is 3.80. The van der Waals surface area contributed by atoms with Crippen molar-refractivity contribution in [2.75, 3.05) is 13.1 Å². The first-order valence-corrected chi connectivity index (χ1v) is 6.69. The van der Waals surface area contributed by atoms with E-state index in [1.165, 1.54) is 0 Å². The highest BCUT2D eigenvalue weighted by atomic mass is 16.6. The van der Waals surface area contributed by atoms with Crippen LogP contribution in [0.1, 0.15) is 32.8 Å². The van der Waals surface area contributed by atoms with Crippen LogP contribution < -0.4 is 10.6 Å². The SMILES string of the molecule is CC(C)(C)OC(=O)N[C@]1(c2ccccc2)CCNC1. The zero-order valence-electron chi connectivity index (χ0n) is 11.8. The Labute approximate surface area is 114 Å². The molecule has 1 atom stereocenters. The van der Waals surface area contributed by atoms with Crippen molar-refractivity contribution in [3.8, 4) is 0 Å². The van der Waals surface area contributed by atoms with Crippen LogP contribution in [-0.4, -0.2) is 24.8 Å². The second-order valence-electron chi connectivity index (χ2n) is 6.00. The third-order valence-electron chi connectivity index (χ3n) is 3.22. The second kappa shape index (κ2) is 5.21. The normalized spacial score (nSPS) is 23.1. The minimum absolute atomic E-state index is 0.358. The maximum Gasteiger partial charge on any atom is 0.408 e. The van der Waals surface area contributed by atoms with E-state index in [0.717, 1.165) is 25.1 Å². The van der Waals surface area contributed by atoms with Crippen LogP contribution in [0.2, 0.25) is 0 Å². The second-order valence-corrected chi connectivity index (χ2v) is 6.00. The van der Waals surface area contributed by atoms with Gasteiger partial charge in [-0.05, 0) is 39.3 Å². The highest BCUT2D eigenvalue weighted by Gasteiger charge is 2.38. The van der Waals surface area contributed by atoms with E-state index in [1.807, 2.05) is 51.1 Å². The summed E-state index contributed by atoms with van der Waals surface area (Å²) in [6.45, 7) is 7.24. The van der Waals surface area contributed by atoms with Gasteiger partial charge in [-0.3, -0.25) is 0 Å². The van der Waals surface area contributed by atoms with E-state index in [2.05, 4.69) is 10.6 Å². The number of carbonyl (C=O) groups excluding carboxylic acids is 1. The topological polar surface area (TPSA) is 50.4 Å². The average molecular weight is 262 g/mol. The van der Waals surface area contributed by atoms with Gasteiger partial charge in [-0.15, -0.1) is 0 Å². The maximum atomic E-state index is 12.0. The molecular weight excluding hydrogens is 240 g/mol. The summed E-state index contributed by atoms with van der Waals surface area (Å²) in [4.78, 5) is 12.0. The molecule has 0 radical (unpaired) electrons. The number of alkyl carbamates (subject to hydrolysis) is 1. The summed E-state index contributed by atoms with van der Waals surface area (Å²) in [6.07, 6.45) is 0.510. The van der Waals surface area contributed by atoms with Crippen LogP contribution in [0.4, 0.5) is 4.79 Å². The molecule has 0 spiro atoms. The van der Waals surface area contributed by atoms with Gasteiger partial charge in [0.2, 0.25) is 0 Å². The lowest BCUT2D eigenvalue weighted by Crippen LogP contribution is -2.49. The number of carbonyl (C=O) groups is 1. The van der Waals surface area contributed by atoms with Crippen molar-refractivity contribution >= 4 is 6.09 Å². The quantitative estimate of drug-likeness (QED) is 0.860. The van der Waals surface area contributed by atoms with Crippen LogP contribution in [0, 0.1) is 0 Å². The molecule has 104 valence electrons. The van der Waals surface area contributed by atoms with E-state index in [9.17, 15) is 4.79 Å². The van der Waals surface area contributed by atoms with Gasteiger partial charge >= 0.3 is 6.09 Å². The largest absolute Gasteiger partial charge is 0.444 e. The number of hydrogen-bond acceptors (Lipinski definition) is 3. The van der Waals surface area contributed by atoms with Gasteiger partial charge in [0.15, 0.2) is 0 Å². The third kappa shape index (κ3) is 3.47. The molecular formula is C15H22N2O2. The molecule has 0 saturated carbocycles. The van der Waals surface area contributed by atoms with Crippen molar-refractivity contribution in [1.82, 2.24) is 10.6 Å². The van der Waals surface area contributed by atoms with Crippen molar-refractivity contribution in [3.05, 3.63) is 35.9 Å². The lowest BCUT2D eigenvalue weighted by Gasteiger charge is -2.31. The summed E-state index contributed by atoms with van der Waals surface area (Å²) in [5, 5.41) is 6.35. The average Bonchev–Trinajstić information content (AvgIpc) is 2.77. The van der Waals surface area contributed by atoms with Gasteiger partial charge in [-0.1, -0.05) is 30.3 Å². The predicted octanol–water partition coefficient (Wildman–Crippen LogP) is 2.40. The summed E-state index contributed by atoms with van der Waals surface area (Å²) >= 11 is 0. The smallest absolute Gasteiger partial charge is 0.408 e. The van der Waals surface area contributed by atoms with E-state index in [1.54, 1.807) is 0 Å². The summed E-state index contributed by atoms with van der Waals surface area (Å²) in [6, 6.07) is 10.1. The molecule has 4 heteroatoms. The van der Waals surface area contributed by atoms with Crippen LogP contribution in [0.5, 0.6) is 0 Å². The molecule has 1 aromatic carbocycles. The van der Waals surface area contributed by atoms with Crippen molar-refractivity contribution < 1.29 is 9.53 Å². The Balaban J connectivity index is 2.15. The van der Waals surface area contributed by atoms with Crippen LogP contribution in [0.25, 0.3) is 0 Å². The van der Waals surface area contributed by atoms with Crippen molar-refractivity contribution in [2.45, 2.75) is 38.3 Å². The van der Waals surface area contributed by atoms with Crippen molar-refractivity contribution in [3.63, 3.8) is 0 Å². The van der Waals surface area contributed by atoms with Gasteiger partial charge in [-0.2, -0.15) is 0 Å². The lowest BCUT2D eigenvalue weighted by atomic mass is 9.89. The number of benzene rings is 1. The van der Waals surface area contributed by atoms with Gasteiger partial charge in [-0.25, -0.2) is 4.79 Å². The van der Waals surface area contributed by atoms with E-state index >= 15 is 0 Å². The first-order chi connectivity index (χ1) is 8.91. The Morgan fingerprint density at radius 1 is 1.32 bits per heavy atom. The number of ether oxygens (including phenoxy) is 1.